The van der Waals surface area contributed by atoms with Crippen LogP contribution in [0.4, 0.5) is 17.1 Å². The van der Waals surface area contributed by atoms with E-state index in [2.05, 4.69) is 104 Å². The van der Waals surface area contributed by atoms with Gasteiger partial charge in [0.15, 0.2) is 0 Å². The number of nitrogens with zero attached hydrogens (tertiary/aromatic N) is 1. The van der Waals surface area contributed by atoms with E-state index in [4.69, 9.17) is 0 Å². The van der Waals surface area contributed by atoms with E-state index in [1.807, 2.05) is 58.0 Å². The first-order valence-corrected chi connectivity index (χ1v) is 11.2. The van der Waals surface area contributed by atoms with Crippen molar-refractivity contribution in [2.75, 3.05) is 4.90 Å². The fourth-order valence-corrected chi connectivity index (χ4v) is 2.83. The molecule has 0 aliphatic rings. The number of rotatable bonds is 3. The largest absolute Gasteiger partial charge is 0.311 e. The highest BCUT2D eigenvalue weighted by atomic mass is 15.1. The molecule has 0 fully saturated rings. The molecular weight excluding hydrogens is 374 g/mol. The lowest BCUT2D eigenvalue weighted by Crippen LogP contribution is -2.09. The maximum atomic E-state index is 2.26. The molecule has 0 saturated heterocycles. The summed E-state index contributed by atoms with van der Waals surface area (Å²) in [4.78, 5) is 2.26. The van der Waals surface area contributed by atoms with E-state index in [0.29, 0.717) is 0 Å². The van der Waals surface area contributed by atoms with Crippen LogP contribution in [0.25, 0.3) is 0 Å². The Morgan fingerprint density at radius 1 is 0.355 bits per heavy atom. The molecule has 0 amide bonds. The van der Waals surface area contributed by atoms with E-state index in [0.717, 1.165) is 0 Å². The second kappa shape index (κ2) is 15.5. The third-order valence-electron chi connectivity index (χ3n) is 4.26. The topological polar surface area (TPSA) is 3.24 Å². The van der Waals surface area contributed by atoms with E-state index in [1.165, 1.54) is 28.2 Å². The molecule has 0 aliphatic heterocycles. The fraction of sp³-hybridized carbons (Fsp3) is 0.200. The van der Waals surface area contributed by atoms with Crippen molar-refractivity contribution in [2.45, 2.75) is 41.5 Å². The summed E-state index contributed by atoms with van der Waals surface area (Å²) in [5.41, 5.74) is 6.11. The van der Waals surface area contributed by atoms with Crippen molar-refractivity contribution < 1.29 is 0 Å². The molecule has 0 unspecified atom stereocenters. The maximum absolute atomic E-state index is 2.26. The highest BCUT2D eigenvalue weighted by Crippen LogP contribution is 2.33. The van der Waals surface area contributed by atoms with Crippen molar-refractivity contribution in [3.63, 3.8) is 0 Å². The molecule has 0 radical (unpaired) electrons. The van der Waals surface area contributed by atoms with Crippen LogP contribution in [-0.4, -0.2) is 0 Å². The van der Waals surface area contributed by atoms with Gasteiger partial charge in [0.1, 0.15) is 0 Å². The summed E-state index contributed by atoms with van der Waals surface area (Å²) in [6, 6.07) is 39.8. The minimum atomic E-state index is 1.17. The Morgan fingerprint density at radius 3 is 0.968 bits per heavy atom. The minimum absolute atomic E-state index is 1.17. The first-order valence-electron chi connectivity index (χ1n) is 11.2. The minimum Gasteiger partial charge on any atom is -0.311 e. The van der Waals surface area contributed by atoms with Crippen LogP contribution < -0.4 is 4.90 Å². The average molecular weight is 412 g/mol. The van der Waals surface area contributed by atoms with Crippen molar-refractivity contribution in [2.24, 2.45) is 0 Å². The Bertz CT molecular complexity index is 875. The summed E-state index contributed by atoms with van der Waals surface area (Å²) in [5.74, 6) is 0. The van der Waals surface area contributed by atoms with Gasteiger partial charge in [-0.3, -0.25) is 0 Å². The molecule has 0 atom stereocenters. The Labute approximate surface area is 190 Å². The molecule has 0 N–H and O–H groups in total. The first kappa shape index (κ1) is 25.7. The van der Waals surface area contributed by atoms with E-state index in [9.17, 15) is 0 Å². The summed E-state index contributed by atoms with van der Waals surface area (Å²) in [6.45, 7) is 12.2. The van der Waals surface area contributed by atoms with Crippen molar-refractivity contribution in [3.8, 4) is 0 Å². The number of anilines is 3. The molecule has 31 heavy (non-hydrogen) atoms. The fourth-order valence-electron chi connectivity index (χ4n) is 2.83. The van der Waals surface area contributed by atoms with Crippen LogP contribution in [0.5, 0.6) is 0 Å². The normalized spacial score (nSPS) is 8.97. The first-order chi connectivity index (χ1) is 15.2. The number of hydrogen-bond donors (Lipinski definition) is 0. The number of aryl methyl sites for hydroxylation is 2. The van der Waals surface area contributed by atoms with Crippen molar-refractivity contribution >= 4 is 17.1 Å². The van der Waals surface area contributed by atoms with Crippen LogP contribution in [0.1, 0.15) is 38.8 Å². The summed E-state index contributed by atoms with van der Waals surface area (Å²) in [6.07, 6.45) is 0. The highest BCUT2D eigenvalue weighted by molar-refractivity contribution is 5.76. The molecule has 0 aliphatic carbocycles. The lowest BCUT2D eigenvalue weighted by molar-refractivity contribution is 1.27. The zero-order valence-electron chi connectivity index (χ0n) is 19.9. The van der Waals surface area contributed by atoms with E-state index >= 15 is 0 Å². The average Bonchev–Trinajstić information content (AvgIpc) is 2.85. The Hall–Kier alpha value is -3.32. The lowest BCUT2D eigenvalue weighted by atomic mass is 10.1. The summed E-state index contributed by atoms with van der Waals surface area (Å²) >= 11 is 0. The molecule has 0 saturated carbocycles. The molecule has 4 rings (SSSR count). The van der Waals surface area contributed by atoms with Crippen LogP contribution in [0, 0.1) is 13.8 Å². The Balaban J connectivity index is 0.000000366. The highest BCUT2D eigenvalue weighted by Gasteiger charge is 2.10. The van der Waals surface area contributed by atoms with Gasteiger partial charge in [-0.1, -0.05) is 118 Å². The van der Waals surface area contributed by atoms with Crippen LogP contribution >= 0.6 is 0 Å². The maximum Gasteiger partial charge on any atom is 0.0461 e. The smallest absolute Gasteiger partial charge is 0.0461 e. The second-order valence-corrected chi connectivity index (χ2v) is 6.50. The lowest BCUT2D eigenvalue weighted by Gasteiger charge is -2.25. The van der Waals surface area contributed by atoms with Gasteiger partial charge in [-0.2, -0.15) is 0 Å². The molecular formula is C30H37N. The van der Waals surface area contributed by atoms with Gasteiger partial charge < -0.3 is 4.90 Å². The van der Waals surface area contributed by atoms with Crippen LogP contribution in [0.3, 0.4) is 0 Å². The molecule has 162 valence electrons. The predicted octanol–water partition coefficient (Wildman–Crippen LogP) is 9.51. The van der Waals surface area contributed by atoms with Gasteiger partial charge in [-0.15, -0.1) is 0 Å². The van der Waals surface area contributed by atoms with Gasteiger partial charge in [0.2, 0.25) is 0 Å². The Kier molecular flexibility index (Phi) is 12.9. The van der Waals surface area contributed by atoms with Gasteiger partial charge in [0, 0.05) is 17.1 Å². The van der Waals surface area contributed by atoms with Crippen LogP contribution in [-0.2, 0) is 0 Å². The van der Waals surface area contributed by atoms with Gasteiger partial charge in [0.05, 0.1) is 0 Å². The molecule has 1 nitrogen and oxygen atoms in total. The molecule has 0 aromatic heterocycles. The number of benzene rings is 4. The summed E-state index contributed by atoms with van der Waals surface area (Å²) in [7, 11) is 0. The Morgan fingerprint density at radius 2 is 0.645 bits per heavy atom. The standard InChI is InChI=1S/C19H17N.C7H8.2C2H6/c1-16-12-14-19(15-13-16)20(17-8-4-2-5-9-17)18-10-6-3-7-11-18;1-7-5-3-2-4-6-7;2*1-2/h2-15H,1H3;2-6H,1H3;2*1-2H3. The molecule has 0 spiro atoms. The molecule has 4 aromatic rings. The molecule has 4 aromatic carbocycles. The van der Waals surface area contributed by atoms with E-state index in [1.54, 1.807) is 0 Å². The van der Waals surface area contributed by atoms with Gasteiger partial charge in [0.25, 0.3) is 0 Å². The second-order valence-electron chi connectivity index (χ2n) is 6.50. The van der Waals surface area contributed by atoms with Crippen LogP contribution in [0.15, 0.2) is 115 Å². The quantitative estimate of drug-likeness (QED) is 0.324. The summed E-state index contributed by atoms with van der Waals surface area (Å²) in [5, 5.41) is 0. The van der Waals surface area contributed by atoms with Crippen molar-refractivity contribution in [1.82, 2.24) is 0 Å². The third-order valence-corrected chi connectivity index (χ3v) is 4.26. The summed E-state index contributed by atoms with van der Waals surface area (Å²) < 4.78 is 0. The molecule has 0 heterocycles. The number of para-hydroxylation sites is 2. The van der Waals surface area contributed by atoms with E-state index in [-0.39, 0.29) is 0 Å². The van der Waals surface area contributed by atoms with Gasteiger partial charge >= 0.3 is 0 Å². The predicted molar refractivity (Wildman–Crippen MR) is 140 cm³/mol. The third kappa shape index (κ3) is 8.92. The van der Waals surface area contributed by atoms with Crippen molar-refractivity contribution in [3.05, 3.63) is 126 Å². The number of hydrogen-bond acceptors (Lipinski definition) is 1. The van der Waals surface area contributed by atoms with E-state index < -0.39 is 0 Å². The molecule has 0 bridgehead atoms. The van der Waals surface area contributed by atoms with Gasteiger partial charge in [-0.05, 0) is 50.2 Å². The zero-order valence-corrected chi connectivity index (χ0v) is 19.9. The SMILES string of the molecule is CC.CC.Cc1ccc(N(c2ccccc2)c2ccccc2)cc1.Cc1ccccc1. The zero-order chi connectivity index (χ0) is 22.9. The van der Waals surface area contributed by atoms with Gasteiger partial charge in [-0.25, -0.2) is 0 Å². The monoisotopic (exact) mass is 411 g/mol. The molecule has 1 heteroatoms. The van der Waals surface area contributed by atoms with Crippen molar-refractivity contribution in [1.29, 1.82) is 0 Å². The van der Waals surface area contributed by atoms with Crippen LogP contribution in [0.2, 0.25) is 0 Å².